The molecule has 0 unspecified atom stereocenters. The highest BCUT2D eigenvalue weighted by molar-refractivity contribution is 7.80. The maximum absolute atomic E-state index is 11.7. The Morgan fingerprint density at radius 2 is 1.91 bits per heavy atom. The highest BCUT2D eigenvalue weighted by atomic mass is 32.1. The van der Waals surface area contributed by atoms with Gasteiger partial charge in [-0.15, -0.1) is 0 Å². The second kappa shape index (κ2) is 8.74. The van der Waals surface area contributed by atoms with Crippen molar-refractivity contribution in [2.45, 2.75) is 43.8 Å². The number of pyridine rings is 1. The maximum atomic E-state index is 11.7. The Kier molecular flexibility index (Phi) is 5.66. The van der Waals surface area contributed by atoms with E-state index in [1.807, 2.05) is 48.7 Å². The first-order valence-electron chi connectivity index (χ1n) is 10.9. The van der Waals surface area contributed by atoms with Gasteiger partial charge in [0, 0.05) is 17.8 Å². The molecule has 0 spiro atoms. The number of nitrogens with one attached hydrogen (secondary N) is 1. The standard InChI is InChI=1S/C25H25N3O3S/c1-30-24(29)17-11-9-16(10-12-17)20-13-14-21(31-20)23-22(19-8-4-5-15-26-19)27-25(32)28(23)18-6-2-3-7-18/h4-5,8-15,18,22-23H,2-3,6-7H2,1H3,(H,27,32)/t22-,23-/m1/s1. The molecule has 5 rings (SSSR count). The predicted octanol–water partition coefficient (Wildman–Crippen LogP) is 5.04. The Morgan fingerprint density at radius 3 is 2.59 bits per heavy atom. The quantitative estimate of drug-likeness (QED) is 0.434. The molecular weight excluding hydrogens is 422 g/mol. The number of carbonyl (C=O) groups excluding carboxylic acids is 1. The van der Waals surface area contributed by atoms with Gasteiger partial charge in [-0.25, -0.2) is 4.79 Å². The van der Waals surface area contributed by atoms with Crippen LogP contribution in [0.5, 0.6) is 0 Å². The molecule has 1 saturated heterocycles. The number of rotatable bonds is 5. The summed E-state index contributed by atoms with van der Waals surface area (Å²) in [5.74, 6) is 1.25. The van der Waals surface area contributed by atoms with Crippen LogP contribution in [0.25, 0.3) is 11.3 Å². The fourth-order valence-electron chi connectivity index (χ4n) is 4.80. The molecule has 2 aliphatic rings. The van der Waals surface area contributed by atoms with Crippen LogP contribution in [0.1, 0.15) is 59.6 Å². The summed E-state index contributed by atoms with van der Waals surface area (Å²) in [5, 5.41) is 4.27. The molecule has 32 heavy (non-hydrogen) atoms. The Balaban J connectivity index is 1.49. The van der Waals surface area contributed by atoms with Crippen molar-refractivity contribution in [2.75, 3.05) is 7.11 Å². The second-order valence-corrected chi connectivity index (χ2v) is 8.63. The third kappa shape index (κ3) is 3.77. The SMILES string of the molecule is COC(=O)c1ccc(-c2ccc([C@@H]3[C@@H](c4ccccn4)NC(=S)N3C3CCCC3)o2)cc1. The molecule has 2 atom stereocenters. The molecule has 6 nitrogen and oxygen atoms in total. The van der Waals surface area contributed by atoms with Crippen LogP contribution in [0.4, 0.5) is 0 Å². The number of hydrogen-bond donors (Lipinski definition) is 1. The molecule has 1 saturated carbocycles. The summed E-state index contributed by atoms with van der Waals surface area (Å²) >= 11 is 5.78. The van der Waals surface area contributed by atoms with Crippen LogP contribution < -0.4 is 5.32 Å². The van der Waals surface area contributed by atoms with E-state index in [0.717, 1.165) is 40.7 Å². The molecule has 1 N–H and O–H groups in total. The lowest BCUT2D eigenvalue weighted by Crippen LogP contribution is -2.37. The minimum atomic E-state index is -0.354. The Bertz CT molecular complexity index is 1110. The van der Waals surface area contributed by atoms with Crippen LogP contribution >= 0.6 is 12.2 Å². The van der Waals surface area contributed by atoms with Crippen molar-refractivity contribution >= 4 is 23.3 Å². The van der Waals surface area contributed by atoms with Crippen LogP contribution in [-0.2, 0) is 4.74 Å². The fourth-order valence-corrected chi connectivity index (χ4v) is 5.19. The summed E-state index contributed by atoms with van der Waals surface area (Å²) in [6.45, 7) is 0. The summed E-state index contributed by atoms with van der Waals surface area (Å²) < 4.78 is 11.2. The summed E-state index contributed by atoms with van der Waals surface area (Å²) in [5.41, 5.74) is 2.36. The smallest absolute Gasteiger partial charge is 0.337 e. The third-order valence-electron chi connectivity index (χ3n) is 6.36. The van der Waals surface area contributed by atoms with E-state index in [1.165, 1.54) is 20.0 Å². The second-order valence-electron chi connectivity index (χ2n) is 8.24. The predicted molar refractivity (Wildman–Crippen MR) is 125 cm³/mol. The lowest BCUT2D eigenvalue weighted by Gasteiger charge is -2.31. The molecule has 1 aliphatic heterocycles. The number of benzene rings is 1. The fraction of sp³-hybridized carbons (Fsp3) is 0.320. The largest absolute Gasteiger partial charge is 0.465 e. The van der Waals surface area contributed by atoms with E-state index in [-0.39, 0.29) is 18.1 Å². The third-order valence-corrected chi connectivity index (χ3v) is 6.69. The molecular formula is C25H25N3O3S. The molecule has 0 radical (unpaired) electrons. The van der Waals surface area contributed by atoms with Gasteiger partial charge in [-0.3, -0.25) is 4.98 Å². The topological polar surface area (TPSA) is 67.6 Å². The summed E-state index contributed by atoms with van der Waals surface area (Å²) in [4.78, 5) is 18.6. The zero-order chi connectivity index (χ0) is 22.1. The van der Waals surface area contributed by atoms with Gasteiger partial charge in [0.05, 0.1) is 24.4 Å². The van der Waals surface area contributed by atoms with Crippen molar-refractivity contribution in [1.29, 1.82) is 0 Å². The van der Waals surface area contributed by atoms with E-state index in [4.69, 9.17) is 21.4 Å². The number of methoxy groups -OCH3 is 1. The molecule has 7 heteroatoms. The molecule has 1 aromatic carbocycles. The number of hydrogen-bond acceptors (Lipinski definition) is 5. The van der Waals surface area contributed by atoms with Crippen molar-refractivity contribution in [1.82, 2.24) is 15.2 Å². The van der Waals surface area contributed by atoms with E-state index >= 15 is 0 Å². The lowest BCUT2D eigenvalue weighted by molar-refractivity contribution is 0.0600. The Labute approximate surface area is 192 Å². The maximum Gasteiger partial charge on any atom is 0.337 e. The molecule has 2 aromatic heterocycles. The van der Waals surface area contributed by atoms with Crippen molar-refractivity contribution in [2.24, 2.45) is 0 Å². The number of ether oxygens (including phenoxy) is 1. The first-order valence-corrected chi connectivity index (χ1v) is 11.3. The minimum Gasteiger partial charge on any atom is -0.465 e. The highest BCUT2D eigenvalue weighted by Gasteiger charge is 2.45. The van der Waals surface area contributed by atoms with Crippen LogP contribution in [-0.4, -0.2) is 34.1 Å². The Hall–Kier alpha value is -3.19. The highest BCUT2D eigenvalue weighted by Crippen LogP contribution is 2.44. The van der Waals surface area contributed by atoms with Crippen molar-refractivity contribution in [3.8, 4) is 11.3 Å². The monoisotopic (exact) mass is 447 g/mol. The number of carbonyl (C=O) groups is 1. The molecule has 3 heterocycles. The van der Waals surface area contributed by atoms with Gasteiger partial charge < -0.3 is 19.4 Å². The zero-order valence-electron chi connectivity index (χ0n) is 17.9. The molecule has 0 amide bonds. The lowest BCUT2D eigenvalue weighted by atomic mass is 10.0. The molecule has 1 aliphatic carbocycles. The summed E-state index contributed by atoms with van der Waals surface area (Å²) in [6.07, 6.45) is 6.53. The van der Waals surface area contributed by atoms with Crippen LogP contribution in [0.2, 0.25) is 0 Å². The first-order chi connectivity index (χ1) is 15.7. The normalized spacial score (nSPS) is 21.0. The molecule has 2 fully saturated rings. The van der Waals surface area contributed by atoms with Gasteiger partial charge in [-0.1, -0.05) is 31.0 Å². The van der Waals surface area contributed by atoms with E-state index in [1.54, 1.807) is 12.1 Å². The summed E-state index contributed by atoms with van der Waals surface area (Å²) in [6, 6.07) is 17.5. The average Bonchev–Trinajstić information content (AvgIpc) is 3.59. The van der Waals surface area contributed by atoms with Crippen molar-refractivity contribution < 1.29 is 13.9 Å². The summed E-state index contributed by atoms with van der Waals surface area (Å²) in [7, 11) is 1.38. The van der Waals surface area contributed by atoms with E-state index in [0.29, 0.717) is 11.6 Å². The number of furan rings is 1. The number of thiocarbonyl (C=S) groups is 1. The zero-order valence-corrected chi connectivity index (χ0v) is 18.7. The van der Waals surface area contributed by atoms with Gasteiger partial charge in [0.25, 0.3) is 0 Å². The number of aromatic nitrogens is 1. The van der Waals surface area contributed by atoms with Crippen molar-refractivity contribution in [3.63, 3.8) is 0 Å². The Morgan fingerprint density at radius 1 is 1.12 bits per heavy atom. The van der Waals surface area contributed by atoms with Gasteiger partial charge in [-0.05, 0) is 61.5 Å². The number of esters is 1. The van der Waals surface area contributed by atoms with Crippen LogP contribution in [0, 0.1) is 0 Å². The van der Waals surface area contributed by atoms with E-state index in [2.05, 4.69) is 15.2 Å². The molecule has 164 valence electrons. The van der Waals surface area contributed by atoms with Gasteiger partial charge in [0.15, 0.2) is 5.11 Å². The number of nitrogens with zero attached hydrogens (tertiary/aromatic N) is 2. The van der Waals surface area contributed by atoms with Gasteiger partial charge in [0.1, 0.15) is 17.6 Å². The molecule has 0 bridgehead atoms. The first kappa shape index (κ1) is 20.7. The van der Waals surface area contributed by atoms with Gasteiger partial charge in [0.2, 0.25) is 0 Å². The van der Waals surface area contributed by atoms with E-state index < -0.39 is 0 Å². The minimum absolute atomic E-state index is 0.0661. The average molecular weight is 448 g/mol. The van der Waals surface area contributed by atoms with Gasteiger partial charge in [-0.2, -0.15) is 0 Å². The van der Waals surface area contributed by atoms with Crippen LogP contribution in [0.3, 0.4) is 0 Å². The van der Waals surface area contributed by atoms with Crippen molar-refractivity contribution in [3.05, 3.63) is 77.8 Å². The van der Waals surface area contributed by atoms with Crippen LogP contribution in [0.15, 0.2) is 65.2 Å². The molecule has 3 aromatic rings. The van der Waals surface area contributed by atoms with Gasteiger partial charge >= 0.3 is 5.97 Å². The van der Waals surface area contributed by atoms with E-state index in [9.17, 15) is 4.79 Å².